The zero-order valence-electron chi connectivity index (χ0n) is 14.5. The highest BCUT2D eigenvalue weighted by Gasteiger charge is 2.76. The van der Waals surface area contributed by atoms with Crippen LogP contribution in [0.5, 0.6) is 11.5 Å². The van der Waals surface area contributed by atoms with Crippen molar-refractivity contribution in [3.8, 4) is 11.5 Å². The topological polar surface area (TPSA) is 90.2 Å². The van der Waals surface area contributed by atoms with Crippen molar-refractivity contribution in [3.63, 3.8) is 0 Å². The summed E-state index contributed by atoms with van der Waals surface area (Å²) in [6.45, 7) is 1.72. The van der Waals surface area contributed by atoms with Crippen molar-refractivity contribution < 1.29 is 24.9 Å². The first-order valence-corrected chi connectivity index (χ1v) is 9.66. The maximum atomic E-state index is 12.8. The van der Waals surface area contributed by atoms with Crippen LogP contribution < -0.4 is 4.74 Å². The number of hydrogen-bond donors (Lipinski definition) is 3. The van der Waals surface area contributed by atoms with E-state index in [-0.39, 0.29) is 24.0 Å². The third-order valence-electron chi connectivity index (χ3n) is 7.61. The molecule has 3 N–H and O–H groups in total. The van der Waals surface area contributed by atoms with Crippen LogP contribution in [0.4, 0.5) is 0 Å². The minimum absolute atomic E-state index is 0.0102. The minimum atomic E-state index is -1.43. The number of phenolic OH excluding ortho intramolecular Hbond substituents is 1. The molecule has 1 spiro atoms. The van der Waals surface area contributed by atoms with Crippen LogP contribution in [0.25, 0.3) is 0 Å². The molecule has 5 aliphatic rings. The molecule has 138 valence electrons. The molecular weight excluding hydrogens is 334 g/mol. The number of aliphatic hydroxyl groups is 2. The van der Waals surface area contributed by atoms with Crippen molar-refractivity contribution in [2.45, 2.75) is 61.4 Å². The average molecular weight is 357 g/mol. The molecule has 5 atom stereocenters. The Morgan fingerprint density at radius 3 is 2.85 bits per heavy atom. The molecule has 2 saturated carbocycles. The number of piperidine rings is 1. The monoisotopic (exact) mass is 357 g/mol. The molecular formula is C20H23NO5. The van der Waals surface area contributed by atoms with Crippen molar-refractivity contribution in [1.29, 1.82) is 0 Å². The number of likely N-dealkylation sites (tertiary alicyclic amines) is 1. The van der Waals surface area contributed by atoms with Gasteiger partial charge in [-0.3, -0.25) is 9.69 Å². The van der Waals surface area contributed by atoms with Gasteiger partial charge in [-0.1, -0.05) is 6.07 Å². The molecule has 1 aromatic rings. The smallest absolute Gasteiger partial charge is 0.177 e. The van der Waals surface area contributed by atoms with E-state index < -0.39 is 23.2 Å². The van der Waals surface area contributed by atoms with Gasteiger partial charge in [0.15, 0.2) is 23.4 Å². The van der Waals surface area contributed by atoms with Gasteiger partial charge in [-0.25, -0.2) is 0 Å². The summed E-state index contributed by atoms with van der Waals surface area (Å²) < 4.78 is 5.97. The second-order valence-corrected chi connectivity index (χ2v) is 8.84. The predicted molar refractivity (Wildman–Crippen MR) is 91.2 cm³/mol. The highest BCUT2D eigenvalue weighted by molar-refractivity contribution is 5.90. The van der Waals surface area contributed by atoms with Gasteiger partial charge in [-0.2, -0.15) is 0 Å². The van der Waals surface area contributed by atoms with E-state index in [1.54, 1.807) is 6.07 Å². The van der Waals surface area contributed by atoms with E-state index in [1.807, 2.05) is 6.07 Å². The van der Waals surface area contributed by atoms with Crippen LogP contribution in [0, 0.1) is 5.92 Å². The van der Waals surface area contributed by atoms with E-state index in [0.717, 1.165) is 24.2 Å². The zero-order chi connectivity index (χ0) is 17.8. The molecule has 1 saturated heterocycles. The zero-order valence-corrected chi connectivity index (χ0v) is 14.5. The Balaban J connectivity index is 1.60. The number of ketones is 1. The van der Waals surface area contributed by atoms with E-state index in [9.17, 15) is 20.1 Å². The van der Waals surface area contributed by atoms with Crippen molar-refractivity contribution in [2.24, 2.45) is 5.92 Å². The van der Waals surface area contributed by atoms with Gasteiger partial charge in [0.25, 0.3) is 0 Å². The van der Waals surface area contributed by atoms with Gasteiger partial charge in [-0.15, -0.1) is 0 Å². The number of hydrogen-bond acceptors (Lipinski definition) is 6. The summed E-state index contributed by atoms with van der Waals surface area (Å²) in [4.78, 5) is 15.1. The first kappa shape index (κ1) is 15.4. The van der Waals surface area contributed by atoms with Crippen molar-refractivity contribution in [1.82, 2.24) is 4.90 Å². The fraction of sp³-hybridized carbons (Fsp3) is 0.650. The quantitative estimate of drug-likeness (QED) is 0.714. The van der Waals surface area contributed by atoms with Gasteiger partial charge in [0, 0.05) is 24.6 Å². The molecule has 0 aromatic heterocycles. The van der Waals surface area contributed by atoms with Gasteiger partial charge in [0.2, 0.25) is 0 Å². The van der Waals surface area contributed by atoms with Crippen LogP contribution >= 0.6 is 0 Å². The van der Waals surface area contributed by atoms with Crippen LogP contribution in [0.2, 0.25) is 0 Å². The summed E-state index contributed by atoms with van der Waals surface area (Å²) in [7, 11) is 0. The number of ether oxygens (including phenoxy) is 1. The van der Waals surface area contributed by atoms with Crippen LogP contribution in [-0.2, 0) is 16.6 Å². The van der Waals surface area contributed by atoms with Crippen molar-refractivity contribution in [3.05, 3.63) is 23.3 Å². The van der Waals surface area contributed by atoms with Gasteiger partial charge < -0.3 is 20.1 Å². The Hall–Kier alpha value is -1.63. The molecule has 6 rings (SSSR count). The van der Waals surface area contributed by atoms with Crippen LogP contribution in [-0.4, -0.2) is 62.9 Å². The molecule has 26 heavy (non-hydrogen) atoms. The SMILES string of the molecule is O=C1C[C@H](O)[C@@]2(O)[C@H]3Cc4ccc(O)c5c4[C@@]2(CCN3CC2CC2)[C@H]1O5. The number of Topliss-reactive ketones (excluding diaryl/α,β-unsaturated/α-hetero) is 1. The fourth-order valence-corrected chi connectivity index (χ4v) is 6.32. The number of rotatable bonds is 2. The number of aromatic hydroxyl groups is 1. The summed E-state index contributed by atoms with van der Waals surface area (Å²) >= 11 is 0. The standard InChI is InChI=1S/C20H23NO5/c22-12-4-3-11-7-14-20(25)15(24)8-13(23)18-19(20,16(11)17(12)26-18)5-6-21(14)9-10-1-2-10/h3-4,10,14-15,18,22,24-25H,1-2,5-9H2/t14-,15+,18+,19+,20+/m1/s1. The molecule has 0 amide bonds. The minimum Gasteiger partial charge on any atom is -0.504 e. The van der Waals surface area contributed by atoms with Crippen LogP contribution in [0.3, 0.4) is 0 Å². The normalized spacial score (nSPS) is 43.2. The Bertz CT molecular complexity index is 836. The molecule has 6 nitrogen and oxygen atoms in total. The number of carbonyl (C=O) groups is 1. The average Bonchev–Trinajstić information content (AvgIpc) is 3.34. The fourth-order valence-electron chi connectivity index (χ4n) is 6.32. The highest BCUT2D eigenvalue weighted by atomic mass is 16.5. The second kappa shape index (κ2) is 4.61. The largest absolute Gasteiger partial charge is 0.504 e. The van der Waals surface area contributed by atoms with Crippen molar-refractivity contribution >= 4 is 5.78 Å². The van der Waals surface area contributed by atoms with E-state index in [2.05, 4.69) is 4.90 Å². The number of phenols is 1. The summed E-state index contributed by atoms with van der Waals surface area (Å²) in [6, 6.07) is 3.28. The first-order valence-electron chi connectivity index (χ1n) is 9.66. The van der Waals surface area contributed by atoms with E-state index in [1.165, 1.54) is 12.8 Å². The molecule has 3 fully saturated rings. The lowest BCUT2D eigenvalue weighted by Gasteiger charge is -2.63. The number of aliphatic hydroxyl groups excluding tert-OH is 1. The Labute approximate surface area is 151 Å². The first-order chi connectivity index (χ1) is 12.5. The third-order valence-corrected chi connectivity index (χ3v) is 7.61. The molecule has 1 aromatic carbocycles. The lowest BCUT2D eigenvalue weighted by atomic mass is 9.48. The third kappa shape index (κ3) is 1.54. The molecule has 0 radical (unpaired) electrons. The lowest BCUT2D eigenvalue weighted by Crippen LogP contribution is -2.81. The maximum absolute atomic E-state index is 12.8. The van der Waals surface area contributed by atoms with Gasteiger partial charge in [0.1, 0.15) is 5.60 Å². The van der Waals surface area contributed by atoms with Gasteiger partial charge in [0.05, 0.1) is 11.5 Å². The number of nitrogens with zero attached hydrogens (tertiary/aromatic N) is 1. The predicted octanol–water partition coefficient (Wildman–Crippen LogP) is 0.496. The van der Waals surface area contributed by atoms with E-state index >= 15 is 0 Å². The van der Waals surface area contributed by atoms with Crippen LogP contribution in [0.15, 0.2) is 12.1 Å². The molecule has 2 heterocycles. The summed E-state index contributed by atoms with van der Waals surface area (Å²) in [5, 5.41) is 33.2. The number of benzene rings is 1. The molecule has 2 bridgehead atoms. The second-order valence-electron chi connectivity index (χ2n) is 8.84. The summed E-state index contributed by atoms with van der Waals surface area (Å²) in [5.41, 5.74) is -0.587. The van der Waals surface area contributed by atoms with Gasteiger partial charge >= 0.3 is 0 Å². The Morgan fingerprint density at radius 1 is 1.27 bits per heavy atom. The molecule has 2 aliphatic heterocycles. The number of carbonyl (C=O) groups excluding carboxylic acids is 1. The molecule has 0 unspecified atom stereocenters. The highest BCUT2D eigenvalue weighted by Crippen LogP contribution is 2.64. The van der Waals surface area contributed by atoms with Crippen molar-refractivity contribution in [2.75, 3.05) is 13.1 Å². The Kier molecular flexibility index (Phi) is 2.74. The summed E-state index contributed by atoms with van der Waals surface area (Å²) in [6.07, 6.45) is 1.61. The van der Waals surface area contributed by atoms with E-state index in [0.29, 0.717) is 24.5 Å². The molecule has 3 aliphatic carbocycles. The Morgan fingerprint density at radius 2 is 2.08 bits per heavy atom. The molecule has 6 heteroatoms. The summed E-state index contributed by atoms with van der Waals surface area (Å²) in [5.74, 6) is 0.848. The maximum Gasteiger partial charge on any atom is 0.177 e. The van der Waals surface area contributed by atoms with Gasteiger partial charge in [-0.05, 0) is 49.8 Å². The lowest BCUT2D eigenvalue weighted by molar-refractivity contribution is -0.229. The van der Waals surface area contributed by atoms with Crippen LogP contribution in [0.1, 0.15) is 36.8 Å². The van der Waals surface area contributed by atoms with E-state index in [4.69, 9.17) is 4.74 Å².